The minimum Gasteiger partial charge on any atom is -0.480 e. The first kappa shape index (κ1) is 15.9. The second-order valence-corrected chi connectivity index (χ2v) is 8.19. The highest BCUT2D eigenvalue weighted by Crippen LogP contribution is 2.50. The predicted molar refractivity (Wildman–Crippen MR) is 86.2 cm³/mol. The number of carboxylic acid groups (broad SMARTS) is 1. The van der Waals surface area contributed by atoms with Gasteiger partial charge >= 0.3 is 5.97 Å². The van der Waals surface area contributed by atoms with E-state index in [2.05, 4.69) is 5.32 Å². The Labute approximate surface area is 138 Å². The SMILES string of the molecule is Cc1ccc(C(=O)NC2C(=O)N3C(C(=O)O)C(C)(C)S[C@@H]23)cc1. The molecule has 2 amide bonds. The van der Waals surface area contributed by atoms with Gasteiger partial charge in [0.25, 0.3) is 5.91 Å². The Morgan fingerprint density at radius 2 is 1.87 bits per heavy atom. The molecule has 0 spiro atoms. The molecule has 2 heterocycles. The lowest BCUT2D eigenvalue weighted by Crippen LogP contribution is -2.70. The normalized spacial score (nSPS) is 28.0. The third-order valence-corrected chi connectivity index (χ3v) is 5.85. The molecule has 3 rings (SSSR count). The van der Waals surface area contributed by atoms with Crippen molar-refractivity contribution in [2.24, 2.45) is 0 Å². The summed E-state index contributed by atoms with van der Waals surface area (Å²) in [5, 5.41) is 11.8. The molecule has 0 radical (unpaired) electrons. The fourth-order valence-electron chi connectivity index (χ4n) is 3.07. The van der Waals surface area contributed by atoms with Crippen LogP contribution in [0.1, 0.15) is 29.8 Å². The number of carbonyl (C=O) groups excluding carboxylic acids is 2. The van der Waals surface area contributed by atoms with Crippen molar-refractivity contribution < 1.29 is 19.5 Å². The highest BCUT2D eigenvalue weighted by molar-refractivity contribution is 8.01. The fourth-order valence-corrected chi connectivity index (χ4v) is 4.70. The molecule has 2 unspecified atom stereocenters. The minimum atomic E-state index is -1.01. The molecule has 1 aromatic carbocycles. The van der Waals surface area contributed by atoms with Gasteiger partial charge in [0.1, 0.15) is 17.5 Å². The van der Waals surface area contributed by atoms with Crippen LogP contribution < -0.4 is 5.32 Å². The number of amides is 2. The molecule has 2 saturated heterocycles. The van der Waals surface area contributed by atoms with Gasteiger partial charge in [0.05, 0.1) is 0 Å². The highest BCUT2D eigenvalue weighted by atomic mass is 32.2. The van der Waals surface area contributed by atoms with Crippen molar-refractivity contribution in [3.8, 4) is 0 Å². The molecular weight excluding hydrogens is 316 g/mol. The quantitative estimate of drug-likeness (QED) is 0.812. The van der Waals surface area contributed by atoms with Crippen LogP contribution in [0.4, 0.5) is 0 Å². The van der Waals surface area contributed by atoms with Gasteiger partial charge in [-0.05, 0) is 32.9 Å². The molecule has 6 nitrogen and oxygen atoms in total. The first-order valence-electron chi connectivity index (χ1n) is 7.33. The zero-order valence-corrected chi connectivity index (χ0v) is 13.9. The highest BCUT2D eigenvalue weighted by Gasteiger charge is 2.64. The van der Waals surface area contributed by atoms with Crippen molar-refractivity contribution in [3.05, 3.63) is 35.4 Å². The number of nitrogens with one attached hydrogen (secondary N) is 1. The average molecular weight is 334 g/mol. The molecular formula is C16H18N2O4S. The molecule has 23 heavy (non-hydrogen) atoms. The number of hydrogen-bond acceptors (Lipinski definition) is 4. The molecule has 0 aromatic heterocycles. The van der Waals surface area contributed by atoms with E-state index < -0.39 is 22.8 Å². The predicted octanol–water partition coefficient (Wildman–Crippen LogP) is 1.24. The summed E-state index contributed by atoms with van der Waals surface area (Å²) in [5.41, 5.74) is 1.53. The molecule has 2 aliphatic heterocycles. The van der Waals surface area contributed by atoms with E-state index in [4.69, 9.17) is 0 Å². The molecule has 1 aromatic rings. The molecule has 3 atom stereocenters. The number of β-lactam (4-membered cyclic amide) rings is 1. The molecule has 7 heteroatoms. The summed E-state index contributed by atoms with van der Waals surface area (Å²) >= 11 is 1.42. The van der Waals surface area contributed by atoms with E-state index in [0.717, 1.165) is 5.56 Å². The van der Waals surface area contributed by atoms with Crippen LogP contribution in [0.15, 0.2) is 24.3 Å². The van der Waals surface area contributed by atoms with E-state index in [1.54, 1.807) is 26.0 Å². The maximum absolute atomic E-state index is 12.3. The van der Waals surface area contributed by atoms with Crippen molar-refractivity contribution in [3.63, 3.8) is 0 Å². The average Bonchev–Trinajstić information content (AvgIpc) is 2.73. The van der Waals surface area contributed by atoms with Gasteiger partial charge in [0, 0.05) is 10.3 Å². The van der Waals surface area contributed by atoms with Crippen molar-refractivity contribution in [1.29, 1.82) is 0 Å². The minimum absolute atomic E-state index is 0.319. The van der Waals surface area contributed by atoms with Crippen molar-refractivity contribution in [2.45, 2.75) is 43.0 Å². The monoisotopic (exact) mass is 334 g/mol. The maximum atomic E-state index is 12.3. The van der Waals surface area contributed by atoms with Gasteiger partial charge in [-0.15, -0.1) is 11.8 Å². The van der Waals surface area contributed by atoms with Gasteiger partial charge < -0.3 is 15.3 Å². The summed E-state index contributed by atoms with van der Waals surface area (Å²) < 4.78 is -0.588. The number of hydrogen-bond donors (Lipinski definition) is 2. The first-order chi connectivity index (χ1) is 10.7. The number of nitrogens with zero attached hydrogens (tertiary/aromatic N) is 1. The van der Waals surface area contributed by atoms with Crippen LogP contribution in [0.2, 0.25) is 0 Å². The van der Waals surface area contributed by atoms with Gasteiger partial charge in [-0.3, -0.25) is 9.59 Å². The van der Waals surface area contributed by atoms with Gasteiger partial charge in [0.2, 0.25) is 5.91 Å². The molecule has 0 aliphatic carbocycles. The van der Waals surface area contributed by atoms with Crippen LogP contribution in [0.25, 0.3) is 0 Å². The van der Waals surface area contributed by atoms with E-state index in [1.807, 2.05) is 19.1 Å². The molecule has 122 valence electrons. The van der Waals surface area contributed by atoms with E-state index in [-0.39, 0.29) is 17.2 Å². The van der Waals surface area contributed by atoms with Gasteiger partial charge in [-0.2, -0.15) is 0 Å². The topological polar surface area (TPSA) is 86.7 Å². The maximum Gasteiger partial charge on any atom is 0.327 e. The van der Waals surface area contributed by atoms with Crippen molar-refractivity contribution in [2.75, 3.05) is 0 Å². The van der Waals surface area contributed by atoms with E-state index in [9.17, 15) is 19.5 Å². The van der Waals surface area contributed by atoms with E-state index in [1.165, 1.54) is 16.7 Å². The summed E-state index contributed by atoms with van der Waals surface area (Å²) in [4.78, 5) is 37.4. The Hall–Kier alpha value is -2.02. The number of thioether (sulfide) groups is 1. The van der Waals surface area contributed by atoms with E-state index >= 15 is 0 Å². The number of aryl methyl sites for hydroxylation is 1. The van der Waals surface area contributed by atoms with Crippen molar-refractivity contribution in [1.82, 2.24) is 10.2 Å². The third-order valence-electron chi connectivity index (χ3n) is 4.28. The first-order valence-corrected chi connectivity index (χ1v) is 8.20. The second-order valence-electron chi connectivity index (χ2n) is 6.42. The molecule has 2 N–H and O–H groups in total. The number of aliphatic carboxylic acids is 1. The molecule has 2 aliphatic rings. The third kappa shape index (κ3) is 2.49. The summed E-state index contributed by atoms with van der Waals surface area (Å²) in [7, 11) is 0. The van der Waals surface area contributed by atoms with Crippen LogP contribution >= 0.6 is 11.8 Å². The molecule has 0 bridgehead atoms. The van der Waals surface area contributed by atoms with Crippen LogP contribution in [-0.2, 0) is 9.59 Å². The van der Waals surface area contributed by atoms with Crippen LogP contribution in [0.5, 0.6) is 0 Å². The number of benzene rings is 1. The smallest absolute Gasteiger partial charge is 0.327 e. The standard InChI is InChI=1S/C16H18N2O4S/c1-8-4-6-9(7-5-8)12(19)17-10-13(20)18-11(15(21)22)16(2,3)23-14(10)18/h4-7,10-11,14H,1-3H3,(H,17,19)(H,21,22)/t10?,11?,14-/m0/s1. The van der Waals surface area contributed by atoms with Crippen LogP contribution in [0.3, 0.4) is 0 Å². The zero-order chi connectivity index (χ0) is 16.9. The number of carbonyl (C=O) groups is 3. The second kappa shape index (κ2) is 5.26. The number of carboxylic acids is 1. The summed E-state index contributed by atoms with van der Waals surface area (Å²) in [6, 6.07) is 5.54. The lowest BCUT2D eigenvalue weighted by molar-refractivity contribution is -0.159. The summed E-state index contributed by atoms with van der Waals surface area (Å²) in [6.45, 7) is 5.54. The zero-order valence-electron chi connectivity index (χ0n) is 13.1. The molecule has 0 saturated carbocycles. The van der Waals surface area contributed by atoms with Crippen LogP contribution in [-0.4, -0.2) is 50.0 Å². The molecule has 2 fully saturated rings. The fraction of sp³-hybridized carbons (Fsp3) is 0.438. The van der Waals surface area contributed by atoms with E-state index in [0.29, 0.717) is 5.56 Å². The largest absolute Gasteiger partial charge is 0.480 e. The van der Waals surface area contributed by atoms with Gasteiger partial charge in [-0.1, -0.05) is 17.7 Å². The van der Waals surface area contributed by atoms with Crippen LogP contribution in [0, 0.1) is 6.92 Å². The number of fused-ring (bicyclic) bond motifs is 1. The van der Waals surface area contributed by atoms with Crippen molar-refractivity contribution >= 4 is 29.5 Å². The summed E-state index contributed by atoms with van der Waals surface area (Å²) in [5.74, 6) is -1.66. The summed E-state index contributed by atoms with van der Waals surface area (Å²) in [6.07, 6.45) is 0. The lowest BCUT2D eigenvalue weighted by Gasteiger charge is -2.43. The Kier molecular flexibility index (Phi) is 3.63. The Balaban J connectivity index is 1.74. The van der Waals surface area contributed by atoms with Gasteiger partial charge in [-0.25, -0.2) is 4.79 Å². The Morgan fingerprint density at radius 1 is 1.26 bits per heavy atom. The Morgan fingerprint density at radius 3 is 2.43 bits per heavy atom. The van der Waals surface area contributed by atoms with Gasteiger partial charge in [0.15, 0.2) is 0 Å². The number of rotatable bonds is 3. The Bertz CT molecular complexity index is 686. The lowest BCUT2D eigenvalue weighted by atomic mass is 9.96.